The molecule has 0 saturated heterocycles. The van der Waals surface area contributed by atoms with Crippen LogP contribution in [-0.4, -0.2) is 31.6 Å². The van der Waals surface area contributed by atoms with Crippen LogP contribution in [0.1, 0.15) is 56.6 Å². The second kappa shape index (κ2) is 9.34. The zero-order valence-electron chi connectivity index (χ0n) is 20.1. The smallest absolute Gasteiger partial charge is 0.291 e. The predicted molar refractivity (Wildman–Crippen MR) is 138 cm³/mol. The number of pyridine rings is 2. The van der Waals surface area contributed by atoms with Crippen LogP contribution in [0.25, 0.3) is 16.9 Å². The van der Waals surface area contributed by atoms with Crippen molar-refractivity contribution >= 4 is 28.5 Å². The third-order valence-electron chi connectivity index (χ3n) is 6.32. The van der Waals surface area contributed by atoms with Crippen molar-refractivity contribution < 1.29 is 14.0 Å². The Bertz CT molecular complexity index is 1600. The van der Waals surface area contributed by atoms with Gasteiger partial charge in [0, 0.05) is 30.0 Å². The van der Waals surface area contributed by atoms with Crippen molar-refractivity contribution in [1.82, 2.24) is 25.1 Å². The van der Waals surface area contributed by atoms with Gasteiger partial charge in [-0.25, -0.2) is 9.97 Å². The Morgan fingerprint density at radius 2 is 1.95 bits per heavy atom. The van der Waals surface area contributed by atoms with Gasteiger partial charge in [0.05, 0.1) is 22.9 Å². The summed E-state index contributed by atoms with van der Waals surface area (Å²) in [6.07, 6.45) is 5.29. The summed E-state index contributed by atoms with van der Waals surface area (Å²) in [5.74, 6) is 0.702. The molecule has 4 aromatic heterocycles. The molecule has 9 heteroatoms. The first-order valence-electron chi connectivity index (χ1n) is 12.1. The number of nitrogens with zero attached hydrogens (tertiary/aromatic N) is 4. The minimum absolute atomic E-state index is 0.206. The fraction of sp³-hybridized carbons (Fsp3) is 0.179. The second-order valence-electron chi connectivity index (χ2n) is 9.07. The highest BCUT2D eigenvalue weighted by Gasteiger charge is 2.29. The van der Waals surface area contributed by atoms with Crippen LogP contribution in [-0.2, 0) is 6.54 Å². The number of hydrogen-bond donors (Lipinski definition) is 2. The van der Waals surface area contributed by atoms with Crippen molar-refractivity contribution in [2.45, 2.75) is 32.2 Å². The van der Waals surface area contributed by atoms with Gasteiger partial charge in [0.2, 0.25) is 0 Å². The summed E-state index contributed by atoms with van der Waals surface area (Å²) in [7, 11) is 0. The summed E-state index contributed by atoms with van der Waals surface area (Å²) in [6.45, 7) is 2.17. The molecular formula is C28H24N6O3. The Morgan fingerprint density at radius 1 is 1.05 bits per heavy atom. The first kappa shape index (κ1) is 22.7. The van der Waals surface area contributed by atoms with E-state index in [0.29, 0.717) is 46.3 Å². The number of nitrogens with one attached hydrogen (secondary N) is 2. The van der Waals surface area contributed by atoms with Gasteiger partial charge in [-0.05, 0) is 67.8 Å². The highest BCUT2D eigenvalue weighted by Crippen LogP contribution is 2.40. The summed E-state index contributed by atoms with van der Waals surface area (Å²) in [5.41, 5.74) is 4.25. The van der Waals surface area contributed by atoms with Crippen molar-refractivity contribution in [3.63, 3.8) is 0 Å². The maximum absolute atomic E-state index is 13.5. The lowest BCUT2D eigenvalue weighted by Gasteiger charge is -2.11. The number of carbonyl (C=O) groups excluding carboxylic acids is 2. The van der Waals surface area contributed by atoms with Gasteiger partial charge in [0.1, 0.15) is 0 Å². The molecule has 0 bridgehead atoms. The Labute approximate surface area is 212 Å². The highest BCUT2D eigenvalue weighted by molar-refractivity contribution is 6.07. The van der Waals surface area contributed by atoms with E-state index in [1.807, 2.05) is 49.4 Å². The average molecular weight is 493 g/mol. The Morgan fingerprint density at radius 3 is 2.70 bits per heavy atom. The van der Waals surface area contributed by atoms with E-state index in [0.717, 1.165) is 24.1 Å². The van der Waals surface area contributed by atoms with Crippen LogP contribution in [0.15, 0.2) is 77.5 Å². The SMILES string of the molecule is Cc1nn(-c2ccccn2)c2nc(C3CC3)cc(C(=O)NCc3cccc(NC(=O)c4ccco4)c3)c12. The topological polar surface area (TPSA) is 115 Å². The van der Waals surface area contributed by atoms with E-state index in [1.165, 1.54) is 6.26 Å². The molecule has 5 aromatic rings. The third kappa shape index (κ3) is 4.58. The van der Waals surface area contributed by atoms with E-state index in [-0.39, 0.29) is 17.6 Å². The van der Waals surface area contributed by atoms with Crippen LogP contribution in [0.2, 0.25) is 0 Å². The molecule has 184 valence electrons. The van der Waals surface area contributed by atoms with Crippen LogP contribution >= 0.6 is 0 Å². The molecule has 0 atom stereocenters. The summed E-state index contributed by atoms with van der Waals surface area (Å²) in [4.78, 5) is 35.1. The molecule has 1 fully saturated rings. The first-order valence-corrected chi connectivity index (χ1v) is 12.1. The van der Waals surface area contributed by atoms with Gasteiger partial charge in [-0.2, -0.15) is 9.78 Å². The van der Waals surface area contributed by atoms with Gasteiger partial charge in [-0.3, -0.25) is 9.59 Å². The summed E-state index contributed by atoms with van der Waals surface area (Å²) >= 11 is 0. The van der Waals surface area contributed by atoms with Crippen molar-refractivity contribution in [1.29, 1.82) is 0 Å². The van der Waals surface area contributed by atoms with Gasteiger partial charge in [0.25, 0.3) is 11.8 Å². The van der Waals surface area contributed by atoms with Crippen LogP contribution in [0, 0.1) is 6.92 Å². The lowest BCUT2D eigenvalue weighted by Crippen LogP contribution is -2.23. The second-order valence-corrected chi connectivity index (χ2v) is 9.07. The van der Waals surface area contributed by atoms with Crippen LogP contribution < -0.4 is 10.6 Å². The number of hydrogen-bond acceptors (Lipinski definition) is 6. The molecule has 37 heavy (non-hydrogen) atoms. The van der Waals surface area contributed by atoms with Gasteiger partial charge < -0.3 is 15.1 Å². The number of rotatable bonds is 7. The van der Waals surface area contributed by atoms with E-state index in [4.69, 9.17) is 9.40 Å². The highest BCUT2D eigenvalue weighted by atomic mass is 16.3. The maximum Gasteiger partial charge on any atom is 0.291 e. The average Bonchev–Trinajstić information content (AvgIpc) is 3.51. The first-order chi connectivity index (χ1) is 18.1. The molecule has 2 amide bonds. The molecule has 0 radical (unpaired) electrons. The lowest BCUT2D eigenvalue weighted by atomic mass is 10.1. The molecule has 0 aliphatic heterocycles. The zero-order valence-corrected chi connectivity index (χ0v) is 20.1. The van der Waals surface area contributed by atoms with E-state index in [2.05, 4.69) is 20.7 Å². The largest absolute Gasteiger partial charge is 0.459 e. The van der Waals surface area contributed by atoms with E-state index in [9.17, 15) is 9.59 Å². The Balaban J connectivity index is 1.27. The summed E-state index contributed by atoms with van der Waals surface area (Å²) in [6, 6.07) is 18.1. The van der Waals surface area contributed by atoms with Crippen molar-refractivity contribution in [2.24, 2.45) is 0 Å². The molecule has 1 aliphatic carbocycles. The summed E-state index contributed by atoms with van der Waals surface area (Å²) in [5, 5.41) is 11.2. The maximum atomic E-state index is 13.5. The zero-order chi connectivity index (χ0) is 25.4. The van der Waals surface area contributed by atoms with E-state index >= 15 is 0 Å². The molecule has 0 unspecified atom stereocenters. The standard InChI is InChI=1S/C28H24N6O3/c1-17-25-21(15-22(19-10-11-19)32-26(25)34(33-17)24-9-2-3-12-29-24)27(35)30-16-18-6-4-7-20(14-18)31-28(36)23-8-5-13-37-23/h2-9,12-15,19H,10-11,16H2,1H3,(H,30,35)(H,31,36). The number of fused-ring (bicyclic) bond motifs is 1. The number of carbonyl (C=O) groups is 2. The molecule has 1 saturated carbocycles. The minimum Gasteiger partial charge on any atom is -0.459 e. The molecule has 0 spiro atoms. The number of anilines is 1. The Hall–Kier alpha value is -4.79. The molecular weight excluding hydrogens is 468 g/mol. The number of aryl methyl sites for hydroxylation is 1. The van der Waals surface area contributed by atoms with Crippen molar-refractivity contribution in [2.75, 3.05) is 5.32 Å². The molecule has 1 aliphatic rings. The third-order valence-corrected chi connectivity index (χ3v) is 6.32. The predicted octanol–water partition coefficient (Wildman–Crippen LogP) is 4.78. The fourth-order valence-corrected chi connectivity index (χ4v) is 4.35. The molecule has 6 rings (SSSR count). The normalized spacial score (nSPS) is 13.0. The quantitative estimate of drug-likeness (QED) is 0.338. The van der Waals surface area contributed by atoms with Crippen LogP contribution in [0.4, 0.5) is 5.69 Å². The van der Waals surface area contributed by atoms with E-state index < -0.39 is 0 Å². The van der Waals surface area contributed by atoms with Gasteiger partial charge in [-0.15, -0.1) is 0 Å². The number of amides is 2. The monoisotopic (exact) mass is 492 g/mol. The lowest BCUT2D eigenvalue weighted by molar-refractivity contribution is 0.0951. The fourth-order valence-electron chi connectivity index (χ4n) is 4.35. The van der Waals surface area contributed by atoms with Gasteiger partial charge in [0.15, 0.2) is 17.2 Å². The number of benzene rings is 1. The van der Waals surface area contributed by atoms with Gasteiger partial charge in [-0.1, -0.05) is 18.2 Å². The van der Waals surface area contributed by atoms with E-state index in [1.54, 1.807) is 29.1 Å². The Kier molecular flexibility index (Phi) is 5.72. The molecule has 4 heterocycles. The number of aromatic nitrogens is 4. The van der Waals surface area contributed by atoms with Crippen LogP contribution in [0.5, 0.6) is 0 Å². The molecule has 9 nitrogen and oxygen atoms in total. The number of furan rings is 1. The van der Waals surface area contributed by atoms with Crippen molar-refractivity contribution in [3.8, 4) is 5.82 Å². The minimum atomic E-state index is -0.335. The van der Waals surface area contributed by atoms with Crippen LogP contribution in [0.3, 0.4) is 0 Å². The summed E-state index contributed by atoms with van der Waals surface area (Å²) < 4.78 is 6.85. The molecule has 1 aromatic carbocycles. The van der Waals surface area contributed by atoms with Gasteiger partial charge >= 0.3 is 0 Å². The van der Waals surface area contributed by atoms with Crippen molar-refractivity contribution in [3.05, 3.63) is 101 Å². The molecule has 2 N–H and O–H groups in total.